The molecule has 1 aromatic rings. The molecule has 110 valence electrons. The van der Waals surface area contributed by atoms with Gasteiger partial charge in [-0.2, -0.15) is 0 Å². The van der Waals surface area contributed by atoms with Crippen LogP contribution in [0.2, 0.25) is 0 Å². The third kappa shape index (κ3) is 4.13. The zero-order valence-corrected chi connectivity index (χ0v) is 11.9. The van der Waals surface area contributed by atoms with Crippen LogP contribution in [0.15, 0.2) is 18.2 Å². The first-order valence-corrected chi connectivity index (χ1v) is 6.88. The first-order chi connectivity index (χ1) is 9.60. The summed E-state index contributed by atoms with van der Waals surface area (Å²) >= 11 is 0. The van der Waals surface area contributed by atoms with E-state index in [1.807, 2.05) is 0 Å². The van der Waals surface area contributed by atoms with Crippen LogP contribution in [-0.4, -0.2) is 30.8 Å². The number of methoxy groups -OCH3 is 1. The molecule has 0 saturated heterocycles. The molecule has 5 nitrogen and oxygen atoms in total. The van der Waals surface area contributed by atoms with E-state index in [0.717, 1.165) is 18.4 Å². The third-order valence-corrected chi connectivity index (χ3v) is 3.20. The quantitative estimate of drug-likeness (QED) is 0.798. The third-order valence-electron chi connectivity index (χ3n) is 3.20. The monoisotopic (exact) mass is 279 g/mol. The second kappa shape index (κ2) is 6.61. The molecule has 0 spiro atoms. The number of aliphatic hydroxyl groups excluding tert-OH is 1. The van der Waals surface area contributed by atoms with Gasteiger partial charge >= 0.3 is 0 Å². The summed E-state index contributed by atoms with van der Waals surface area (Å²) in [5, 5.41) is 12.4. The molecule has 2 rings (SSSR count). The van der Waals surface area contributed by atoms with Crippen molar-refractivity contribution in [3.05, 3.63) is 23.8 Å². The van der Waals surface area contributed by atoms with Gasteiger partial charge in [0.1, 0.15) is 0 Å². The van der Waals surface area contributed by atoms with Crippen LogP contribution in [-0.2, 0) is 4.79 Å². The van der Waals surface area contributed by atoms with Gasteiger partial charge in [0.15, 0.2) is 11.5 Å². The number of hydrogen-bond acceptors (Lipinski definition) is 4. The maximum Gasteiger partial charge on any atom is 0.223 e. The van der Waals surface area contributed by atoms with Gasteiger partial charge in [-0.05, 0) is 37.5 Å². The average molecular weight is 279 g/mol. The van der Waals surface area contributed by atoms with Crippen molar-refractivity contribution in [2.24, 2.45) is 0 Å². The van der Waals surface area contributed by atoms with Crippen LogP contribution in [0.5, 0.6) is 11.5 Å². The number of nitrogens with one attached hydrogen (secondary N) is 1. The molecular weight excluding hydrogens is 258 g/mol. The lowest BCUT2D eigenvalue weighted by atomic mass is 10.1. The summed E-state index contributed by atoms with van der Waals surface area (Å²) in [5.74, 6) is 1.16. The molecule has 0 heterocycles. The van der Waals surface area contributed by atoms with Gasteiger partial charge in [-0.3, -0.25) is 4.79 Å². The zero-order valence-electron chi connectivity index (χ0n) is 11.9. The molecule has 0 aromatic heterocycles. The SMILES string of the molecule is COc1cc(C(C)O)ccc1OCCC(=O)NC1CC1. The summed E-state index contributed by atoms with van der Waals surface area (Å²) in [4.78, 5) is 11.5. The Morgan fingerprint density at radius 3 is 2.80 bits per heavy atom. The van der Waals surface area contributed by atoms with Crippen LogP contribution >= 0.6 is 0 Å². The van der Waals surface area contributed by atoms with E-state index in [2.05, 4.69) is 5.32 Å². The molecule has 1 aromatic carbocycles. The topological polar surface area (TPSA) is 67.8 Å². The number of carbonyl (C=O) groups excluding carboxylic acids is 1. The Morgan fingerprint density at radius 2 is 2.20 bits per heavy atom. The predicted octanol–water partition coefficient (Wildman–Crippen LogP) is 1.80. The van der Waals surface area contributed by atoms with Crippen LogP contribution in [0, 0.1) is 0 Å². The summed E-state index contributed by atoms with van der Waals surface area (Å²) in [6, 6.07) is 5.65. The summed E-state index contributed by atoms with van der Waals surface area (Å²) in [5.41, 5.74) is 0.765. The molecule has 0 radical (unpaired) electrons. The highest BCUT2D eigenvalue weighted by Gasteiger charge is 2.22. The number of rotatable bonds is 7. The van der Waals surface area contributed by atoms with Crippen LogP contribution in [0.4, 0.5) is 0 Å². The lowest BCUT2D eigenvalue weighted by Gasteiger charge is -2.13. The van der Waals surface area contributed by atoms with Crippen LogP contribution in [0.3, 0.4) is 0 Å². The number of ether oxygens (including phenoxy) is 2. The first kappa shape index (κ1) is 14.7. The molecule has 0 aliphatic heterocycles. The standard InChI is InChI=1S/C15H21NO4/c1-10(17)11-3-6-13(14(9-11)19-2)20-8-7-15(18)16-12-4-5-12/h3,6,9-10,12,17H,4-5,7-8H2,1-2H3,(H,16,18). The highest BCUT2D eigenvalue weighted by molar-refractivity contribution is 5.76. The number of amides is 1. The molecule has 5 heteroatoms. The molecule has 2 N–H and O–H groups in total. The molecule has 20 heavy (non-hydrogen) atoms. The van der Waals surface area contributed by atoms with Gasteiger partial charge in [0.05, 0.1) is 26.2 Å². The number of benzene rings is 1. The maximum atomic E-state index is 11.5. The second-order valence-corrected chi connectivity index (χ2v) is 5.03. The van der Waals surface area contributed by atoms with Crippen molar-refractivity contribution in [1.29, 1.82) is 0 Å². The Bertz CT molecular complexity index is 469. The van der Waals surface area contributed by atoms with Crippen LogP contribution in [0.25, 0.3) is 0 Å². The highest BCUT2D eigenvalue weighted by atomic mass is 16.5. The molecule has 1 saturated carbocycles. The molecular formula is C15H21NO4. The van der Waals surface area contributed by atoms with Crippen molar-refractivity contribution >= 4 is 5.91 Å². The van der Waals surface area contributed by atoms with Gasteiger partial charge in [-0.1, -0.05) is 6.07 Å². The fourth-order valence-electron chi connectivity index (χ4n) is 1.84. The summed E-state index contributed by atoms with van der Waals surface area (Å²) < 4.78 is 10.8. The Morgan fingerprint density at radius 1 is 1.45 bits per heavy atom. The Kier molecular flexibility index (Phi) is 4.84. The normalized spacial score (nSPS) is 15.6. The van der Waals surface area contributed by atoms with E-state index in [1.54, 1.807) is 32.2 Å². The van der Waals surface area contributed by atoms with Gasteiger partial charge in [0, 0.05) is 6.04 Å². The smallest absolute Gasteiger partial charge is 0.223 e. The van der Waals surface area contributed by atoms with E-state index >= 15 is 0 Å². The highest BCUT2D eigenvalue weighted by Crippen LogP contribution is 2.30. The minimum atomic E-state index is -0.553. The second-order valence-electron chi connectivity index (χ2n) is 5.03. The van der Waals surface area contributed by atoms with Gasteiger partial charge in [0.25, 0.3) is 0 Å². The minimum absolute atomic E-state index is 0.0204. The zero-order chi connectivity index (χ0) is 14.5. The van der Waals surface area contributed by atoms with E-state index in [0.29, 0.717) is 30.6 Å². The first-order valence-electron chi connectivity index (χ1n) is 6.88. The Balaban J connectivity index is 1.86. The largest absolute Gasteiger partial charge is 0.493 e. The molecule has 0 bridgehead atoms. The molecule has 1 atom stereocenters. The molecule has 1 aliphatic rings. The summed E-state index contributed by atoms with van der Waals surface area (Å²) in [6.45, 7) is 2.00. The lowest BCUT2D eigenvalue weighted by Crippen LogP contribution is -2.26. The van der Waals surface area contributed by atoms with E-state index in [-0.39, 0.29) is 5.91 Å². The summed E-state index contributed by atoms with van der Waals surface area (Å²) in [7, 11) is 1.55. The Labute approximate surface area is 118 Å². The van der Waals surface area contributed by atoms with Crippen molar-refractivity contribution in [3.63, 3.8) is 0 Å². The fourth-order valence-corrected chi connectivity index (χ4v) is 1.84. The van der Waals surface area contributed by atoms with Crippen molar-refractivity contribution < 1.29 is 19.4 Å². The fraction of sp³-hybridized carbons (Fsp3) is 0.533. The van der Waals surface area contributed by atoms with Gasteiger partial charge < -0.3 is 19.9 Å². The van der Waals surface area contributed by atoms with Gasteiger partial charge in [0.2, 0.25) is 5.91 Å². The lowest BCUT2D eigenvalue weighted by molar-refractivity contribution is -0.121. The van der Waals surface area contributed by atoms with Crippen LogP contribution < -0.4 is 14.8 Å². The summed E-state index contributed by atoms with van der Waals surface area (Å²) in [6.07, 6.45) is 1.95. The minimum Gasteiger partial charge on any atom is -0.493 e. The van der Waals surface area contributed by atoms with Crippen LogP contribution in [0.1, 0.15) is 37.9 Å². The van der Waals surface area contributed by atoms with E-state index < -0.39 is 6.10 Å². The van der Waals surface area contributed by atoms with Gasteiger partial charge in [-0.15, -0.1) is 0 Å². The maximum absolute atomic E-state index is 11.5. The van der Waals surface area contributed by atoms with Gasteiger partial charge in [-0.25, -0.2) is 0 Å². The van der Waals surface area contributed by atoms with Crippen molar-refractivity contribution in [2.75, 3.05) is 13.7 Å². The average Bonchev–Trinajstić information content (AvgIpc) is 3.22. The molecule has 1 amide bonds. The van der Waals surface area contributed by atoms with Crippen molar-refractivity contribution in [3.8, 4) is 11.5 Å². The number of carbonyl (C=O) groups is 1. The van der Waals surface area contributed by atoms with E-state index in [4.69, 9.17) is 9.47 Å². The van der Waals surface area contributed by atoms with Crippen molar-refractivity contribution in [2.45, 2.75) is 38.3 Å². The molecule has 1 unspecified atom stereocenters. The number of aliphatic hydroxyl groups is 1. The van der Waals surface area contributed by atoms with Crippen molar-refractivity contribution in [1.82, 2.24) is 5.32 Å². The van der Waals surface area contributed by atoms with E-state index in [1.165, 1.54) is 0 Å². The number of hydrogen-bond donors (Lipinski definition) is 2. The van der Waals surface area contributed by atoms with E-state index in [9.17, 15) is 9.90 Å². The molecule has 1 fully saturated rings. The predicted molar refractivity (Wildman–Crippen MR) is 74.9 cm³/mol. The Hall–Kier alpha value is -1.75. The molecule has 1 aliphatic carbocycles.